The molecule has 3 aliphatic rings. The third-order valence-corrected chi connectivity index (χ3v) is 5.29. The van der Waals surface area contributed by atoms with Gasteiger partial charge in [0.25, 0.3) is 0 Å². The Hall–Kier alpha value is -0.770. The van der Waals surface area contributed by atoms with Gasteiger partial charge in [0.1, 0.15) is 0 Å². The minimum absolute atomic E-state index is 0.304. The second-order valence-electron chi connectivity index (χ2n) is 6.47. The minimum Gasteiger partial charge on any atom is -0.325 e. The molecule has 108 valence electrons. The SMILES string of the molecule is CCC(C)N1C2CCC1CN(C(=O)N1CCCC1)C2. The van der Waals surface area contributed by atoms with Crippen LogP contribution in [0.4, 0.5) is 4.79 Å². The molecule has 3 unspecified atom stereocenters. The van der Waals surface area contributed by atoms with Gasteiger partial charge in [-0.3, -0.25) is 4.90 Å². The molecule has 3 aliphatic heterocycles. The lowest BCUT2D eigenvalue weighted by Gasteiger charge is -2.44. The molecule has 0 aromatic heterocycles. The van der Waals surface area contributed by atoms with Crippen molar-refractivity contribution in [1.29, 1.82) is 0 Å². The highest BCUT2D eigenvalue weighted by Gasteiger charge is 2.43. The number of fused-ring (bicyclic) bond motifs is 2. The smallest absolute Gasteiger partial charge is 0.320 e. The Bertz CT molecular complexity index is 326. The molecule has 3 atom stereocenters. The summed E-state index contributed by atoms with van der Waals surface area (Å²) in [7, 11) is 0. The number of carbonyl (C=O) groups is 1. The number of urea groups is 1. The largest absolute Gasteiger partial charge is 0.325 e. The highest BCUT2D eigenvalue weighted by atomic mass is 16.2. The topological polar surface area (TPSA) is 26.8 Å². The molecule has 3 saturated heterocycles. The Morgan fingerprint density at radius 3 is 2.21 bits per heavy atom. The van der Waals surface area contributed by atoms with Gasteiger partial charge in [-0.15, -0.1) is 0 Å². The second-order valence-corrected chi connectivity index (χ2v) is 6.47. The summed E-state index contributed by atoms with van der Waals surface area (Å²) in [4.78, 5) is 19.4. The van der Waals surface area contributed by atoms with Crippen LogP contribution in [0.3, 0.4) is 0 Å². The first-order valence-electron chi connectivity index (χ1n) is 8.02. The van der Waals surface area contributed by atoms with Crippen LogP contribution in [0.2, 0.25) is 0 Å². The van der Waals surface area contributed by atoms with Crippen LogP contribution in [0.1, 0.15) is 46.0 Å². The highest BCUT2D eigenvalue weighted by molar-refractivity contribution is 5.75. The first kappa shape index (κ1) is 13.2. The van der Waals surface area contributed by atoms with E-state index in [1.807, 2.05) is 0 Å². The van der Waals surface area contributed by atoms with Crippen LogP contribution in [0.15, 0.2) is 0 Å². The van der Waals surface area contributed by atoms with Crippen molar-refractivity contribution in [2.24, 2.45) is 0 Å². The summed E-state index contributed by atoms with van der Waals surface area (Å²) in [5.41, 5.74) is 0. The zero-order valence-electron chi connectivity index (χ0n) is 12.3. The molecule has 0 aromatic rings. The maximum atomic E-state index is 12.5. The van der Waals surface area contributed by atoms with Crippen LogP contribution in [-0.2, 0) is 0 Å². The van der Waals surface area contributed by atoms with Crippen molar-refractivity contribution < 1.29 is 4.79 Å². The van der Waals surface area contributed by atoms with Gasteiger partial charge in [0.05, 0.1) is 0 Å². The van der Waals surface area contributed by atoms with E-state index in [9.17, 15) is 4.79 Å². The number of likely N-dealkylation sites (tertiary alicyclic amines) is 2. The van der Waals surface area contributed by atoms with Crippen LogP contribution in [-0.4, -0.2) is 65.0 Å². The fourth-order valence-electron chi connectivity index (χ4n) is 4.13. The Labute approximate surface area is 116 Å². The quantitative estimate of drug-likeness (QED) is 0.765. The van der Waals surface area contributed by atoms with Crippen molar-refractivity contribution in [2.75, 3.05) is 26.2 Å². The van der Waals surface area contributed by atoms with E-state index in [4.69, 9.17) is 0 Å². The number of amides is 2. The van der Waals surface area contributed by atoms with Crippen LogP contribution >= 0.6 is 0 Å². The van der Waals surface area contributed by atoms with E-state index in [2.05, 4.69) is 28.5 Å². The van der Waals surface area contributed by atoms with E-state index in [1.165, 1.54) is 32.1 Å². The first-order valence-corrected chi connectivity index (χ1v) is 8.02. The average molecular weight is 265 g/mol. The van der Waals surface area contributed by atoms with Gasteiger partial charge < -0.3 is 9.80 Å². The summed E-state index contributed by atoms with van der Waals surface area (Å²) >= 11 is 0. The van der Waals surface area contributed by atoms with Crippen molar-refractivity contribution >= 4 is 6.03 Å². The van der Waals surface area contributed by atoms with Gasteiger partial charge >= 0.3 is 6.03 Å². The lowest BCUT2D eigenvalue weighted by atomic mass is 10.1. The summed E-state index contributed by atoms with van der Waals surface area (Å²) in [6.07, 6.45) is 6.14. The predicted octanol–water partition coefficient (Wildman–Crippen LogP) is 2.15. The molecule has 0 radical (unpaired) electrons. The number of hydrogen-bond donors (Lipinski definition) is 0. The van der Waals surface area contributed by atoms with Crippen molar-refractivity contribution in [2.45, 2.75) is 64.1 Å². The number of carbonyl (C=O) groups excluding carboxylic acids is 1. The zero-order valence-corrected chi connectivity index (χ0v) is 12.3. The maximum absolute atomic E-state index is 12.5. The van der Waals surface area contributed by atoms with E-state index in [1.54, 1.807) is 0 Å². The number of nitrogens with zero attached hydrogens (tertiary/aromatic N) is 3. The van der Waals surface area contributed by atoms with Gasteiger partial charge in [-0.1, -0.05) is 6.92 Å². The summed E-state index contributed by atoms with van der Waals surface area (Å²) in [5, 5.41) is 0. The molecule has 0 spiro atoms. The fourth-order valence-corrected chi connectivity index (χ4v) is 4.13. The Morgan fingerprint density at radius 2 is 1.68 bits per heavy atom. The van der Waals surface area contributed by atoms with Gasteiger partial charge in [-0.05, 0) is 39.0 Å². The molecule has 4 nitrogen and oxygen atoms in total. The van der Waals surface area contributed by atoms with Crippen molar-refractivity contribution in [3.8, 4) is 0 Å². The third-order valence-electron chi connectivity index (χ3n) is 5.29. The van der Waals surface area contributed by atoms with E-state index < -0.39 is 0 Å². The summed E-state index contributed by atoms with van der Waals surface area (Å²) in [5.74, 6) is 0. The molecule has 3 heterocycles. The number of rotatable bonds is 2. The second kappa shape index (κ2) is 5.31. The molecule has 19 heavy (non-hydrogen) atoms. The van der Waals surface area contributed by atoms with Crippen molar-refractivity contribution in [3.05, 3.63) is 0 Å². The molecule has 0 aromatic carbocycles. The molecule has 2 bridgehead atoms. The third kappa shape index (κ3) is 2.35. The van der Waals surface area contributed by atoms with Crippen LogP contribution in [0.25, 0.3) is 0 Å². The van der Waals surface area contributed by atoms with Gasteiger partial charge in [0.15, 0.2) is 0 Å². The minimum atomic E-state index is 0.304. The predicted molar refractivity (Wildman–Crippen MR) is 76.2 cm³/mol. The molecular weight excluding hydrogens is 238 g/mol. The standard InChI is InChI=1S/C15H27N3O/c1-3-12(2)18-13-6-7-14(18)11-17(10-13)15(19)16-8-4-5-9-16/h12-14H,3-11H2,1-2H3. The van der Waals surface area contributed by atoms with Gasteiger partial charge in [0, 0.05) is 44.3 Å². The fraction of sp³-hybridized carbons (Fsp3) is 0.933. The van der Waals surface area contributed by atoms with Gasteiger partial charge in [-0.2, -0.15) is 0 Å². The average Bonchev–Trinajstić information content (AvgIpc) is 3.04. The summed E-state index contributed by atoms with van der Waals surface area (Å²) in [6, 6.07) is 2.19. The molecular formula is C15H27N3O. The molecule has 0 saturated carbocycles. The number of piperazine rings is 1. The highest BCUT2D eigenvalue weighted by Crippen LogP contribution is 2.33. The summed E-state index contributed by atoms with van der Waals surface area (Å²) < 4.78 is 0. The molecule has 0 aliphatic carbocycles. The molecule has 0 N–H and O–H groups in total. The van der Waals surface area contributed by atoms with Gasteiger partial charge in [0.2, 0.25) is 0 Å². The Morgan fingerprint density at radius 1 is 1.11 bits per heavy atom. The van der Waals surface area contributed by atoms with Crippen LogP contribution in [0, 0.1) is 0 Å². The molecule has 3 rings (SSSR count). The number of hydrogen-bond acceptors (Lipinski definition) is 2. The van der Waals surface area contributed by atoms with Gasteiger partial charge in [-0.25, -0.2) is 4.79 Å². The first-order chi connectivity index (χ1) is 9.20. The van der Waals surface area contributed by atoms with E-state index in [0.29, 0.717) is 24.2 Å². The zero-order chi connectivity index (χ0) is 13.4. The monoisotopic (exact) mass is 265 g/mol. The Kier molecular flexibility index (Phi) is 3.70. The lowest BCUT2D eigenvalue weighted by molar-refractivity contribution is 0.0443. The van der Waals surface area contributed by atoms with E-state index in [0.717, 1.165) is 26.2 Å². The van der Waals surface area contributed by atoms with E-state index >= 15 is 0 Å². The Balaban J connectivity index is 1.65. The summed E-state index contributed by atoms with van der Waals surface area (Å²) in [6.45, 7) is 8.46. The van der Waals surface area contributed by atoms with Crippen LogP contribution < -0.4 is 0 Å². The molecule has 4 heteroatoms. The van der Waals surface area contributed by atoms with Crippen molar-refractivity contribution in [3.63, 3.8) is 0 Å². The maximum Gasteiger partial charge on any atom is 0.320 e. The lowest BCUT2D eigenvalue weighted by Crippen LogP contribution is -2.59. The van der Waals surface area contributed by atoms with Crippen molar-refractivity contribution in [1.82, 2.24) is 14.7 Å². The normalized spacial score (nSPS) is 32.9. The molecule has 3 fully saturated rings. The van der Waals surface area contributed by atoms with Crippen LogP contribution in [0.5, 0.6) is 0 Å². The molecule has 2 amide bonds. The van der Waals surface area contributed by atoms with E-state index in [-0.39, 0.29) is 0 Å².